The van der Waals surface area contributed by atoms with Gasteiger partial charge in [0.1, 0.15) is 5.82 Å². The third kappa shape index (κ3) is 6.86. The number of alkyl halides is 3. The Bertz CT molecular complexity index is 1120. The van der Waals surface area contributed by atoms with Crippen molar-refractivity contribution in [3.05, 3.63) is 82.7 Å². The number of halogens is 4. The predicted molar refractivity (Wildman–Crippen MR) is 134 cm³/mol. The molecule has 0 atom stereocenters. The highest BCUT2D eigenvalue weighted by Crippen LogP contribution is 2.32. The van der Waals surface area contributed by atoms with Gasteiger partial charge in [0.2, 0.25) is 0 Å². The molecule has 3 aromatic carbocycles. The van der Waals surface area contributed by atoms with Crippen LogP contribution in [0.4, 0.5) is 17.6 Å². The summed E-state index contributed by atoms with van der Waals surface area (Å²) in [4.78, 5) is 0. The van der Waals surface area contributed by atoms with Gasteiger partial charge in [0.05, 0.1) is 18.8 Å². The van der Waals surface area contributed by atoms with Crippen molar-refractivity contribution in [2.24, 2.45) is 5.92 Å². The maximum atomic E-state index is 15.2. The zero-order valence-electron chi connectivity index (χ0n) is 20.8. The van der Waals surface area contributed by atoms with Crippen LogP contribution in [0, 0.1) is 11.7 Å². The second-order valence-corrected chi connectivity index (χ2v) is 9.78. The lowest BCUT2D eigenvalue weighted by Gasteiger charge is -2.30. The summed E-state index contributed by atoms with van der Waals surface area (Å²) in [5, 5.41) is 1.29. The minimum atomic E-state index is -4.36. The summed E-state index contributed by atoms with van der Waals surface area (Å²) < 4.78 is 65.4. The van der Waals surface area contributed by atoms with E-state index in [0.717, 1.165) is 35.1 Å². The molecule has 1 aliphatic rings. The summed E-state index contributed by atoms with van der Waals surface area (Å²) in [6, 6.07) is 14.2. The van der Waals surface area contributed by atoms with Crippen molar-refractivity contribution in [3.63, 3.8) is 0 Å². The monoisotopic (exact) mass is 502 g/mol. The van der Waals surface area contributed by atoms with Gasteiger partial charge in [0.25, 0.3) is 0 Å². The summed E-state index contributed by atoms with van der Waals surface area (Å²) in [5.41, 5.74) is 1.48. The molecule has 194 valence electrons. The van der Waals surface area contributed by atoms with Crippen LogP contribution in [0.15, 0.2) is 54.6 Å². The van der Waals surface area contributed by atoms with Crippen LogP contribution < -0.4 is 0 Å². The van der Waals surface area contributed by atoms with Gasteiger partial charge in [-0.1, -0.05) is 75.4 Å². The predicted octanol–water partition coefficient (Wildman–Crippen LogP) is 8.81. The quantitative estimate of drug-likeness (QED) is 0.204. The first-order valence-electron chi connectivity index (χ1n) is 13.0. The molecule has 0 N–H and O–H groups in total. The molecular weight excluding hydrogens is 468 g/mol. The normalized spacial score (nSPS) is 18.6. The van der Waals surface area contributed by atoms with Gasteiger partial charge in [-0.3, -0.25) is 0 Å². The summed E-state index contributed by atoms with van der Waals surface area (Å²) in [7, 11) is 0. The molecule has 0 aliphatic carbocycles. The Labute approximate surface area is 210 Å². The lowest BCUT2D eigenvalue weighted by Crippen LogP contribution is -2.27. The summed E-state index contributed by atoms with van der Waals surface area (Å²) in [6.07, 6.45) is 3.49. The molecule has 0 bridgehead atoms. The Balaban J connectivity index is 1.33. The molecule has 0 unspecified atom stereocenters. The highest BCUT2D eigenvalue weighted by molar-refractivity contribution is 5.84. The van der Waals surface area contributed by atoms with Crippen molar-refractivity contribution in [1.82, 2.24) is 0 Å². The van der Waals surface area contributed by atoms with Crippen LogP contribution in [-0.2, 0) is 28.5 Å². The summed E-state index contributed by atoms with van der Waals surface area (Å²) >= 11 is 0. The smallest absolute Gasteiger partial charge is 0.348 e. The zero-order valence-corrected chi connectivity index (χ0v) is 20.8. The third-order valence-electron chi connectivity index (χ3n) is 6.98. The Morgan fingerprint density at radius 3 is 2.25 bits per heavy atom. The van der Waals surface area contributed by atoms with Crippen molar-refractivity contribution in [1.29, 1.82) is 0 Å². The van der Waals surface area contributed by atoms with Gasteiger partial charge in [-0.05, 0) is 54.0 Å². The molecule has 1 aliphatic heterocycles. The van der Waals surface area contributed by atoms with E-state index < -0.39 is 18.0 Å². The van der Waals surface area contributed by atoms with Gasteiger partial charge in [-0.25, -0.2) is 4.39 Å². The molecule has 0 radical (unpaired) electrons. The molecule has 0 aromatic heterocycles. The minimum Gasteiger partial charge on any atom is -0.348 e. The Kier molecular flexibility index (Phi) is 9.02. The molecule has 4 rings (SSSR count). The Morgan fingerprint density at radius 1 is 0.833 bits per heavy atom. The van der Waals surface area contributed by atoms with Gasteiger partial charge in [0.15, 0.2) is 6.29 Å². The van der Waals surface area contributed by atoms with Crippen LogP contribution in [0.1, 0.15) is 74.0 Å². The van der Waals surface area contributed by atoms with E-state index in [0.29, 0.717) is 42.9 Å². The Morgan fingerprint density at radius 2 is 1.56 bits per heavy atom. The molecule has 1 heterocycles. The molecule has 0 saturated carbocycles. The minimum absolute atomic E-state index is 0.292. The molecule has 0 amide bonds. The molecule has 2 nitrogen and oxygen atoms in total. The lowest BCUT2D eigenvalue weighted by atomic mass is 9.98. The first-order chi connectivity index (χ1) is 17.3. The van der Waals surface area contributed by atoms with E-state index in [1.165, 1.54) is 44.2 Å². The molecule has 1 fully saturated rings. The number of benzene rings is 3. The van der Waals surface area contributed by atoms with Crippen molar-refractivity contribution in [3.8, 4) is 0 Å². The number of hydrogen-bond donors (Lipinski definition) is 0. The zero-order chi connectivity index (χ0) is 25.5. The molecule has 36 heavy (non-hydrogen) atoms. The van der Waals surface area contributed by atoms with Crippen LogP contribution in [0.2, 0.25) is 0 Å². The first kappa shape index (κ1) is 26.6. The number of aryl methyl sites for hydroxylation is 2. The number of rotatable bonds is 10. The maximum Gasteiger partial charge on any atom is 0.416 e. The third-order valence-corrected chi connectivity index (χ3v) is 6.98. The van der Waals surface area contributed by atoms with E-state index >= 15 is 4.39 Å². The van der Waals surface area contributed by atoms with E-state index in [-0.39, 0.29) is 5.82 Å². The fourth-order valence-corrected chi connectivity index (χ4v) is 4.77. The van der Waals surface area contributed by atoms with Crippen LogP contribution in [0.25, 0.3) is 10.8 Å². The topological polar surface area (TPSA) is 18.5 Å². The van der Waals surface area contributed by atoms with E-state index in [1.54, 1.807) is 12.1 Å². The van der Waals surface area contributed by atoms with Crippen molar-refractivity contribution < 1.29 is 27.0 Å². The van der Waals surface area contributed by atoms with Gasteiger partial charge >= 0.3 is 6.18 Å². The number of unbranched alkanes of at least 4 members (excludes halogenated alkanes) is 4. The lowest BCUT2D eigenvalue weighted by molar-refractivity contribution is -0.206. The molecule has 0 spiro atoms. The van der Waals surface area contributed by atoms with Crippen molar-refractivity contribution in [2.45, 2.75) is 70.8 Å². The number of fused-ring (bicyclic) bond motifs is 1. The van der Waals surface area contributed by atoms with E-state index in [9.17, 15) is 13.2 Å². The van der Waals surface area contributed by atoms with E-state index in [4.69, 9.17) is 9.47 Å². The second kappa shape index (κ2) is 12.2. The maximum absolute atomic E-state index is 15.2. The van der Waals surface area contributed by atoms with Crippen LogP contribution in [-0.4, -0.2) is 13.2 Å². The summed E-state index contributed by atoms with van der Waals surface area (Å²) in [6.45, 7) is 3.57. The fourth-order valence-electron chi connectivity index (χ4n) is 4.77. The van der Waals surface area contributed by atoms with Crippen LogP contribution in [0.3, 0.4) is 0 Å². The highest BCUT2D eigenvalue weighted by Gasteiger charge is 2.30. The van der Waals surface area contributed by atoms with E-state index in [1.807, 2.05) is 18.2 Å². The van der Waals surface area contributed by atoms with Gasteiger partial charge in [-0.2, -0.15) is 13.2 Å². The number of ether oxygens (including phenoxy) is 2. The van der Waals surface area contributed by atoms with Crippen LogP contribution in [0.5, 0.6) is 0 Å². The van der Waals surface area contributed by atoms with Crippen molar-refractivity contribution >= 4 is 10.8 Å². The van der Waals surface area contributed by atoms with Crippen molar-refractivity contribution in [2.75, 3.05) is 13.2 Å². The Hall–Kier alpha value is -2.44. The van der Waals surface area contributed by atoms with Gasteiger partial charge in [0, 0.05) is 16.9 Å². The van der Waals surface area contributed by atoms with Gasteiger partial charge < -0.3 is 9.47 Å². The molecule has 3 aromatic rings. The second-order valence-electron chi connectivity index (χ2n) is 9.78. The van der Waals surface area contributed by atoms with Crippen LogP contribution >= 0.6 is 0 Å². The standard InChI is InChI=1S/C30H34F4O2/c1-2-3-4-5-6-7-22-19-35-29(36-20-22)25-14-17-27-24(18-25)13-12-23(28(27)31)11-8-21-9-15-26(16-10-21)30(32,33)34/h9-10,12-18,22,29H,2-8,11,19-20H2,1H3. The van der Waals surface area contributed by atoms with Gasteiger partial charge in [-0.15, -0.1) is 0 Å². The molecular formula is C30H34F4O2. The SMILES string of the molecule is CCCCCCCC1COC(c2ccc3c(F)c(CCc4ccc(C(F)(F)F)cc4)ccc3c2)OC1. The molecule has 1 saturated heterocycles. The summed E-state index contributed by atoms with van der Waals surface area (Å²) in [5.74, 6) is 0.132. The molecule has 6 heteroatoms. The first-order valence-corrected chi connectivity index (χ1v) is 13.0. The highest BCUT2D eigenvalue weighted by atomic mass is 19.4. The van der Waals surface area contributed by atoms with E-state index in [2.05, 4.69) is 6.92 Å². The average Bonchev–Trinajstić information content (AvgIpc) is 2.88. The largest absolute Gasteiger partial charge is 0.416 e. The average molecular weight is 503 g/mol. The fraction of sp³-hybridized carbons (Fsp3) is 0.467. The number of hydrogen-bond acceptors (Lipinski definition) is 2.